The average Bonchev–Trinajstić information content (AvgIpc) is 2.71. The van der Waals surface area contributed by atoms with Crippen molar-refractivity contribution < 1.29 is 8.85 Å². The summed E-state index contributed by atoms with van der Waals surface area (Å²) in [5.74, 6) is 0. The molecule has 5 aromatic rings. The molecule has 0 unspecified atom stereocenters. The first-order valence-electron chi connectivity index (χ1n) is 9.54. The van der Waals surface area contributed by atoms with E-state index >= 15 is 0 Å². The molecule has 0 aliphatic rings. The summed E-state index contributed by atoms with van der Waals surface area (Å²) in [5, 5.41) is 11.7. The Balaban J connectivity index is 1.95. The Hall–Kier alpha value is -2.46. The zero-order valence-electron chi connectivity index (χ0n) is 15.6. The van der Waals surface area contributed by atoms with Gasteiger partial charge in [-0.05, 0) is 56.9 Å². The van der Waals surface area contributed by atoms with E-state index in [2.05, 4.69) is 66.7 Å². The molecule has 27 heavy (non-hydrogen) atoms. The van der Waals surface area contributed by atoms with Gasteiger partial charge in [0.2, 0.25) is 0 Å². The fourth-order valence-corrected chi connectivity index (χ4v) is 5.85. The van der Waals surface area contributed by atoms with Crippen LogP contribution in [0.2, 0.25) is 0 Å². The number of hydrogen-bond donors (Lipinski definition) is 0. The van der Waals surface area contributed by atoms with Crippen LogP contribution in [0.15, 0.2) is 66.7 Å². The highest BCUT2D eigenvalue weighted by atomic mass is 28.3. The average molecular weight is 370 g/mol. The minimum Gasteiger partial charge on any atom is -0.390 e. The second-order valence-electron chi connectivity index (χ2n) is 6.75. The van der Waals surface area contributed by atoms with Gasteiger partial charge < -0.3 is 8.85 Å². The molecule has 0 fully saturated rings. The lowest BCUT2D eigenvalue weighted by molar-refractivity contribution is 0.225. The van der Waals surface area contributed by atoms with Crippen molar-refractivity contribution >= 4 is 57.6 Å². The maximum Gasteiger partial charge on any atom is 0.424 e. The molecule has 3 heteroatoms. The zero-order valence-corrected chi connectivity index (χ0v) is 16.6. The van der Waals surface area contributed by atoms with Crippen molar-refractivity contribution in [1.82, 2.24) is 0 Å². The molecule has 0 aromatic heterocycles. The molecule has 5 aromatic carbocycles. The lowest BCUT2D eigenvalue weighted by atomic mass is 9.90. The SMILES string of the molecule is CCO[Si](OCC)c1ccc2c3cccc4cccc(c5cccc1c52)c43. The van der Waals surface area contributed by atoms with Crippen LogP contribution in [0.4, 0.5) is 0 Å². The molecular weight excluding hydrogens is 348 g/mol. The van der Waals surface area contributed by atoms with Gasteiger partial charge in [0, 0.05) is 18.4 Å². The molecule has 0 aliphatic carbocycles. The molecule has 0 aliphatic heterocycles. The fraction of sp³-hybridized carbons (Fsp3) is 0.167. The number of hydrogen-bond acceptors (Lipinski definition) is 2. The van der Waals surface area contributed by atoms with Gasteiger partial charge in [0.1, 0.15) is 0 Å². The van der Waals surface area contributed by atoms with Crippen LogP contribution in [-0.4, -0.2) is 22.5 Å². The molecule has 0 saturated heterocycles. The van der Waals surface area contributed by atoms with E-state index in [0.29, 0.717) is 13.2 Å². The highest BCUT2D eigenvalue weighted by molar-refractivity contribution is 6.65. The topological polar surface area (TPSA) is 18.5 Å². The summed E-state index contributed by atoms with van der Waals surface area (Å²) in [7, 11) is -1.49. The van der Waals surface area contributed by atoms with E-state index < -0.39 is 9.28 Å². The molecule has 0 heterocycles. The summed E-state index contributed by atoms with van der Waals surface area (Å²) >= 11 is 0. The smallest absolute Gasteiger partial charge is 0.390 e. The molecule has 0 amide bonds. The molecule has 2 nitrogen and oxygen atoms in total. The Morgan fingerprint density at radius 3 is 1.74 bits per heavy atom. The predicted octanol–water partition coefficient (Wildman–Crippen LogP) is 5.51. The van der Waals surface area contributed by atoms with Gasteiger partial charge in [0.15, 0.2) is 0 Å². The lowest BCUT2D eigenvalue weighted by Crippen LogP contribution is -2.37. The molecular formula is C24H21O2Si. The molecule has 0 atom stereocenters. The minimum atomic E-state index is -1.49. The molecule has 0 N–H and O–H groups in total. The van der Waals surface area contributed by atoms with E-state index in [4.69, 9.17) is 8.85 Å². The summed E-state index contributed by atoms with van der Waals surface area (Å²) < 4.78 is 12.0. The number of rotatable bonds is 5. The third-order valence-electron chi connectivity index (χ3n) is 5.30. The molecule has 1 radical (unpaired) electrons. The lowest BCUT2D eigenvalue weighted by Gasteiger charge is -2.19. The monoisotopic (exact) mass is 369 g/mol. The number of fused-ring (bicyclic) bond motifs is 2. The molecule has 5 rings (SSSR count). The Bertz CT molecular complexity index is 1210. The first-order chi connectivity index (χ1) is 13.3. The van der Waals surface area contributed by atoms with Crippen molar-refractivity contribution in [3.05, 3.63) is 66.7 Å². The summed E-state index contributed by atoms with van der Waals surface area (Å²) in [6.45, 7) is 5.40. The molecule has 0 bridgehead atoms. The summed E-state index contributed by atoms with van der Waals surface area (Å²) in [5.41, 5.74) is 0. The largest absolute Gasteiger partial charge is 0.424 e. The van der Waals surface area contributed by atoms with Crippen LogP contribution in [0.3, 0.4) is 0 Å². The van der Waals surface area contributed by atoms with Gasteiger partial charge in [0.25, 0.3) is 0 Å². The zero-order chi connectivity index (χ0) is 18.4. The third-order valence-corrected chi connectivity index (χ3v) is 7.27. The number of benzene rings is 5. The third kappa shape index (κ3) is 2.47. The van der Waals surface area contributed by atoms with Gasteiger partial charge in [-0.1, -0.05) is 66.7 Å². The van der Waals surface area contributed by atoms with Gasteiger partial charge in [-0.3, -0.25) is 0 Å². The van der Waals surface area contributed by atoms with Gasteiger partial charge >= 0.3 is 9.28 Å². The van der Waals surface area contributed by atoms with Crippen LogP contribution in [0, 0.1) is 0 Å². The van der Waals surface area contributed by atoms with Crippen LogP contribution < -0.4 is 5.19 Å². The van der Waals surface area contributed by atoms with Gasteiger partial charge in [0.05, 0.1) is 0 Å². The maximum absolute atomic E-state index is 6.01. The highest BCUT2D eigenvalue weighted by Crippen LogP contribution is 2.39. The highest BCUT2D eigenvalue weighted by Gasteiger charge is 2.23. The Kier molecular flexibility index (Phi) is 4.08. The standard InChI is InChI=1S/C24H21O2Si/c1-3-25-27(26-4-2)22-15-14-20-18-11-6-9-16-8-5-10-17(23(16)18)19-12-7-13-21(22)24(19)20/h5-15H,3-4H2,1-2H3. The normalized spacial score (nSPS) is 12.3. The van der Waals surface area contributed by atoms with E-state index in [9.17, 15) is 0 Å². The van der Waals surface area contributed by atoms with Crippen molar-refractivity contribution in [2.45, 2.75) is 13.8 Å². The summed E-state index contributed by atoms with van der Waals surface area (Å²) in [4.78, 5) is 0. The van der Waals surface area contributed by atoms with Crippen molar-refractivity contribution in [1.29, 1.82) is 0 Å². The molecule has 133 valence electrons. The van der Waals surface area contributed by atoms with Crippen LogP contribution >= 0.6 is 0 Å². The van der Waals surface area contributed by atoms with Crippen molar-refractivity contribution in [3.63, 3.8) is 0 Å². The fourth-order valence-electron chi connectivity index (χ4n) is 4.28. The van der Waals surface area contributed by atoms with Crippen molar-refractivity contribution in [2.75, 3.05) is 13.2 Å². The predicted molar refractivity (Wildman–Crippen MR) is 116 cm³/mol. The van der Waals surface area contributed by atoms with E-state index in [1.807, 2.05) is 13.8 Å². The van der Waals surface area contributed by atoms with Crippen LogP contribution in [0.1, 0.15) is 13.8 Å². The molecule has 0 saturated carbocycles. The van der Waals surface area contributed by atoms with E-state index in [0.717, 1.165) is 0 Å². The summed E-state index contributed by atoms with van der Waals surface area (Å²) in [6, 6.07) is 24.3. The van der Waals surface area contributed by atoms with E-state index in [1.54, 1.807) is 0 Å². The van der Waals surface area contributed by atoms with Gasteiger partial charge in [-0.15, -0.1) is 0 Å². The maximum atomic E-state index is 6.01. The Morgan fingerprint density at radius 1 is 0.593 bits per heavy atom. The molecule has 0 spiro atoms. The van der Waals surface area contributed by atoms with E-state index in [-0.39, 0.29) is 0 Å². The Morgan fingerprint density at radius 2 is 1.11 bits per heavy atom. The quantitative estimate of drug-likeness (QED) is 0.231. The second kappa shape index (κ2) is 6.61. The van der Waals surface area contributed by atoms with Crippen molar-refractivity contribution in [2.24, 2.45) is 0 Å². The first kappa shape index (κ1) is 16.7. The minimum absolute atomic E-state index is 0.666. The van der Waals surface area contributed by atoms with Gasteiger partial charge in [-0.2, -0.15) is 0 Å². The van der Waals surface area contributed by atoms with Crippen LogP contribution in [-0.2, 0) is 8.85 Å². The first-order valence-corrected chi connectivity index (χ1v) is 10.9. The second-order valence-corrected chi connectivity index (χ2v) is 8.44. The Labute approximate surface area is 160 Å². The van der Waals surface area contributed by atoms with Crippen LogP contribution in [0.25, 0.3) is 43.1 Å². The van der Waals surface area contributed by atoms with Crippen molar-refractivity contribution in [3.8, 4) is 0 Å². The van der Waals surface area contributed by atoms with Gasteiger partial charge in [-0.25, -0.2) is 0 Å². The van der Waals surface area contributed by atoms with E-state index in [1.165, 1.54) is 48.3 Å². The summed E-state index contributed by atoms with van der Waals surface area (Å²) in [6.07, 6.45) is 0. The van der Waals surface area contributed by atoms with Crippen LogP contribution in [0.5, 0.6) is 0 Å².